The Hall–Kier alpha value is -2.56. The monoisotopic (exact) mass is 448 g/mol. The Balaban J connectivity index is 1.50. The van der Waals surface area contributed by atoms with E-state index in [0.29, 0.717) is 61.4 Å². The maximum absolute atomic E-state index is 15.1. The molecular weight excluding hydrogens is 418 g/mol. The first-order valence-corrected chi connectivity index (χ1v) is 10.8. The highest BCUT2D eigenvalue weighted by atomic mass is 19.1. The van der Waals surface area contributed by atoms with Gasteiger partial charge in [0.25, 0.3) is 0 Å². The highest BCUT2D eigenvalue weighted by molar-refractivity contribution is 5.77. The highest BCUT2D eigenvalue weighted by Crippen LogP contribution is 2.35. The summed E-state index contributed by atoms with van der Waals surface area (Å²) in [6.07, 6.45) is 2.15. The first-order valence-electron chi connectivity index (χ1n) is 10.8. The van der Waals surface area contributed by atoms with Crippen molar-refractivity contribution in [2.45, 2.75) is 12.2 Å². The van der Waals surface area contributed by atoms with Crippen LogP contribution in [-0.2, 0) is 9.47 Å². The number of anilines is 3. The normalized spacial score (nSPS) is 21.5. The Bertz CT molecular complexity index is 910. The number of aromatic nitrogens is 2. The largest absolute Gasteiger partial charge is 0.397 e. The quantitative estimate of drug-likeness (QED) is 0.643. The second-order valence-corrected chi connectivity index (χ2v) is 8.22. The van der Waals surface area contributed by atoms with Crippen LogP contribution in [0.25, 0.3) is 11.1 Å². The average molecular weight is 449 g/mol. The van der Waals surface area contributed by atoms with Crippen molar-refractivity contribution >= 4 is 17.3 Å². The summed E-state index contributed by atoms with van der Waals surface area (Å²) in [5.41, 5.74) is 8.04. The average Bonchev–Trinajstić information content (AvgIpc) is 3.21. The number of halogens is 2. The summed E-state index contributed by atoms with van der Waals surface area (Å²) in [6.45, 7) is 4.47. The minimum absolute atomic E-state index is 0.169. The molecule has 0 saturated carbocycles. The van der Waals surface area contributed by atoms with E-state index in [4.69, 9.17) is 15.2 Å². The first kappa shape index (κ1) is 22.6. The van der Waals surface area contributed by atoms with Crippen LogP contribution in [0.2, 0.25) is 0 Å². The van der Waals surface area contributed by atoms with Gasteiger partial charge in [0.05, 0.1) is 43.8 Å². The Morgan fingerprint density at radius 3 is 2.59 bits per heavy atom. The topological polar surface area (TPSA) is 80.0 Å². The molecule has 2 aliphatic heterocycles. The summed E-state index contributed by atoms with van der Waals surface area (Å²) in [5.74, 6) is 0.153. The van der Waals surface area contributed by atoms with Gasteiger partial charge in [0.1, 0.15) is 12.0 Å². The van der Waals surface area contributed by atoms with E-state index in [0.717, 1.165) is 13.1 Å². The fraction of sp³-hybridized carbons (Fsp3) is 0.545. The van der Waals surface area contributed by atoms with Crippen LogP contribution in [-0.4, -0.2) is 93.8 Å². The maximum Gasteiger partial charge on any atom is 0.225 e. The Morgan fingerprint density at radius 1 is 1.19 bits per heavy atom. The zero-order valence-electron chi connectivity index (χ0n) is 18.5. The summed E-state index contributed by atoms with van der Waals surface area (Å²) in [4.78, 5) is 14.5. The molecule has 2 atom stereocenters. The van der Waals surface area contributed by atoms with Crippen LogP contribution in [0.3, 0.4) is 0 Å². The molecule has 2 fully saturated rings. The minimum atomic E-state index is -1.06. The first-order chi connectivity index (χ1) is 15.5. The van der Waals surface area contributed by atoms with Gasteiger partial charge in [-0.1, -0.05) is 0 Å². The molecule has 2 aromatic rings. The molecule has 32 heavy (non-hydrogen) atoms. The lowest BCUT2D eigenvalue weighted by molar-refractivity contribution is 0.118. The number of hydrogen-bond acceptors (Lipinski definition) is 8. The fourth-order valence-electron chi connectivity index (χ4n) is 4.22. The molecular formula is C22H30F2N6O2. The van der Waals surface area contributed by atoms with Crippen LogP contribution >= 0.6 is 0 Å². The van der Waals surface area contributed by atoms with E-state index in [9.17, 15) is 4.39 Å². The summed E-state index contributed by atoms with van der Waals surface area (Å²) < 4.78 is 40.2. The molecule has 174 valence electrons. The molecule has 0 spiro atoms. The van der Waals surface area contributed by atoms with Crippen molar-refractivity contribution in [1.82, 2.24) is 14.9 Å². The van der Waals surface area contributed by atoms with Crippen molar-refractivity contribution in [2.75, 3.05) is 82.2 Å². The summed E-state index contributed by atoms with van der Waals surface area (Å²) in [5, 5.41) is 0. The lowest BCUT2D eigenvalue weighted by Gasteiger charge is -2.26. The number of morpholine rings is 1. The molecule has 2 aliphatic rings. The van der Waals surface area contributed by atoms with E-state index in [1.54, 1.807) is 30.5 Å². The molecule has 0 aliphatic carbocycles. The van der Waals surface area contributed by atoms with Crippen LogP contribution in [0, 0.1) is 5.82 Å². The van der Waals surface area contributed by atoms with E-state index >= 15 is 4.39 Å². The molecule has 1 aromatic carbocycles. The second kappa shape index (κ2) is 9.93. The summed E-state index contributed by atoms with van der Waals surface area (Å²) >= 11 is 0. The molecule has 4 rings (SSSR count). The van der Waals surface area contributed by atoms with E-state index in [2.05, 4.69) is 9.97 Å². The lowest BCUT2D eigenvalue weighted by atomic mass is 10.1. The van der Waals surface area contributed by atoms with Gasteiger partial charge < -0.3 is 25.0 Å². The van der Waals surface area contributed by atoms with E-state index in [1.807, 2.05) is 16.8 Å². The third-order valence-corrected chi connectivity index (χ3v) is 6.13. The predicted octanol–water partition coefficient (Wildman–Crippen LogP) is 1.81. The zero-order chi connectivity index (χ0) is 22.7. The smallest absolute Gasteiger partial charge is 0.225 e. The molecule has 1 aromatic heterocycles. The van der Waals surface area contributed by atoms with E-state index in [-0.39, 0.29) is 12.6 Å². The summed E-state index contributed by atoms with van der Waals surface area (Å²) in [7, 11) is 3.49. The third kappa shape index (κ3) is 4.77. The molecule has 2 N–H and O–H groups in total. The van der Waals surface area contributed by atoms with Gasteiger partial charge in [-0.2, -0.15) is 0 Å². The standard InChI is InChI=1S/C22H30F2N6O2/c1-28(3-6-31-2)21-14-30(13-18(21)24)20-10-17(23)16(9-19(20)25)15-11-26-22(27-12-15)29-4-7-32-8-5-29/h9-12,18,21H,3-8,13-14,25H2,1-2H3. The number of nitrogens with zero attached hydrogens (tertiary/aromatic N) is 5. The van der Waals surface area contributed by atoms with Crippen LogP contribution in [0.15, 0.2) is 24.5 Å². The van der Waals surface area contributed by atoms with Gasteiger partial charge in [-0.05, 0) is 19.2 Å². The van der Waals surface area contributed by atoms with Crippen LogP contribution in [0.1, 0.15) is 0 Å². The molecule has 10 heteroatoms. The van der Waals surface area contributed by atoms with Gasteiger partial charge in [-0.3, -0.25) is 4.90 Å². The maximum atomic E-state index is 15.1. The molecule has 3 heterocycles. The number of nitrogen functional groups attached to an aromatic ring is 1. The van der Waals surface area contributed by atoms with Crippen LogP contribution in [0.4, 0.5) is 26.1 Å². The van der Waals surface area contributed by atoms with Gasteiger partial charge in [0.2, 0.25) is 5.95 Å². The number of hydrogen-bond donors (Lipinski definition) is 1. The zero-order valence-corrected chi connectivity index (χ0v) is 18.5. The van der Waals surface area contributed by atoms with Gasteiger partial charge in [-0.25, -0.2) is 18.7 Å². The Kier molecular flexibility index (Phi) is 7.02. The van der Waals surface area contributed by atoms with Crippen molar-refractivity contribution in [3.05, 3.63) is 30.3 Å². The minimum Gasteiger partial charge on any atom is -0.397 e. The van der Waals surface area contributed by atoms with Crippen molar-refractivity contribution in [3.63, 3.8) is 0 Å². The second-order valence-electron chi connectivity index (χ2n) is 8.22. The van der Waals surface area contributed by atoms with Gasteiger partial charge in [0, 0.05) is 56.8 Å². The van der Waals surface area contributed by atoms with E-state index < -0.39 is 12.0 Å². The molecule has 0 bridgehead atoms. The van der Waals surface area contributed by atoms with Crippen molar-refractivity contribution in [2.24, 2.45) is 0 Å². The van der Waals surface area contributed by atoms with Crippen molar-refractivity contribution in [3.8, 4) is 11.1 Å². The highest BCUT2D eigenvalue weighted by Gasteiger charge is 2.36. The number of alkyl halides is 1. The number of benzene rings is 1. The van der Waals surface area contributed by atoms with Crippen LogP contribution in [0.5, 0.6) is 0 Å². The molecule has 0 radical (unpaired) electrons. The van der Waals surface area contributed by atoms with E-state index in [1.165, 1.54) is 6.07 Å². The SMILES string of the molecule is COCCN(C)C1CN(c2cc(F)c(-c3cnc(N4CCOCC4)nc3)cc2N)CC1F. The third-order valence-electron chi connectivity index (χ3n) is 6.13. The molecule has 0 amide bonds. The molecule has 2 saturated heterocycles. The number of nitrogens with two attached hydrogens (primary N) is 1. The number of rotatable bonds is 7. The van der Waals surface area contributed by atoms with Crippen molar-refractivity contribution < 1.29 is 18.3 Å². The molecule has 8 nitrogen and oxygen atoms in total. The van der Waals surface area contributed by atoms with Gasteiger partial charge in [0.15, 0.2) is 0 Å². The fourth-order valence-corrected chi connectivity index (χ4v) is 4.22. The van der Waals surface area contributed by atoms with Crippen LogP contribution < -0.4 is 15.5 Å². The predicted molar refractivity (Wildman–Crippen MR) is 120 cm³/mol. The Morgan fingerprint density at radius 2 is 1.91 bits per heavy atom. The number of likely N-dealkylation sites (N-methyl/N-ethyl adjacent to an activating group) is 1. The lowest BCUT2D eigenvalue weighted by Crippen LogP contribution is -2.40. The number of ether oxygens (including phenoxy) is 2. The summed E-state index contributed by atoms with van der Waals surface area (Å²) in [6, 6.07) is 2.66. The Labute approximate surface area is 186 Å². The van der Waals surface area contributed by atoms with Crippen molar-refractivity contribution in [1.29, 1.82) is 0 Å². The molecule has 2 unspecified atom stereocenters. The van der Waals surface area contributed by atoms with Gasteiger partial charge in [-0.15, -0.1) is 0 Å². The van der Waals surface area contributed by atoms with Gasteiger partial charge >= 0.3 is 0 Å². The number of methoxy groups -OCH3 is 1.